The Hall–Kier alpha value is -1.30. The molecule has 0 saturated carbocycles. The lowest BCUT2D eigenvalue weighted by Gasteiger charge is -2.08. The van der Waals surface area contributed by atoms with Crippen molar-refractivity contribution < 1.29 is 18.7 Å². The molecule has 0 atom stereocenters. The molecule has 84 valence electrons. The lowest BCUT2D eigenvalue weighted by atomic mass is 10.0. The Morgan fingerprint density at radius 2 is 2.31 bits per heavy atom. The van der Waals surface area contributed by atoms with Crippen LogP contribution >= 0.6 is 22.6 Å². The third-order valence-electron chi connectivity index (χ3n) is 1.81. The average Bonchev–Trinajstić information content (AvgIpc) is 2.16. The molecule has 1 aromatic heterocycles. The molecular formula is C9H5F2IN2O2. The van der Waals surface area contributed by atoms with Gasteiger partial charge in [-0.2, -0.15) is 5.26 Å². The fraction of sp³-hybridized carbons (Fsp3) is 0.222. The van der Waals surface area contributed by atoms with Crippen molar-refractivity contribution in [3.8, 4) is 6.07 Å². The van der Waals surface area contributed by atoms with E-state index in [0.717, 1.165) is 6.20 Å². The smallest absolute Gasteiger partial charge is 0.307 e. The van der Waals surface area contributed by atoms with Gasteiger partial charge in [0.1, 0.15) is 11.8 Å². The van der Waals surface area contributed by atoms with Gasteiger partial charge in [-0.25, -0.2) is 8.78 Å². The highest BCUT2D eigenvalue weighted by Crippen LogP contribution is 2.26. The number of aliphatic carboxylic acids is 1. The Labute approximate surface area is 103 Å². The second-order valence-corrected chi connectivity index (χ2v) is 3.99. The van der Waals surface area contributed by atoms with Gasteiger partial charge in [-0.1, -0.05) is 0 Å². The molecule has 0 unspecified atom stereocenters. The maximum Gasteiger partial charge on any atom is 0.307 e. The minimum atomic E-state index is -2.89. The number of aromatic nitrogens is 1. The van der Waals surface area contributed by atoms with Crippen LogP contribution in [-0.4, -0.2) is 16.1 Å². The van der Waals surface area contributed by atoms with Crippen LogP contribution in [0.2, 0.25) is 0 Å². The fourth-order valence-corrected chi connectivity index (χ4v) is 1.77. The minimum Gasteiger partial charge on any atom is -0.481 e. The number of nitriles is 1. The number of pyridine rings is 1. The van der Waals surface area contributed by atoms with Crippen LogP contribution in [0.5, 0.6) is 0 Å². The van der Waals surface area contributed by atoms with Gasteiger partial charge in [-0.05, 0) is 22.6 Å². The summed E-state index contributed by atoms with van der Waals surface area (Å²) in [7, 11) is 0. The Kier molecular flexibility index (Phi) is 4.12. The van der Waals surface area contributed by atoms with E-state index in [-0.39, 0.29) is 11.1 Å². The molecule has 0 aromatic carbocycles. The van der Waals surface area contributed by atoms with E-state index in [9.17, 15) is 13.6 Å². The number of carboxylic acids is 1. The predicted molar refractivity (Wildman–Crippen MR) is 58.0 cm³/mol. The Bertz CT molecular complexity index is 471. The average molecular weight is 338 g/mol. The second-order valence-electron chi connectivity index (χ2n) is 2.83. The third-order valence-corrected chi connectivity index (χ3v) is 2.63. The first-order valence-electron chi connectivity index (χ1n) is 4.04. The molecule has 1 aromatic rings. The maximum atomic E-state index is 12.6. The molecule has 0 fully saturated rings. The summed E-state index contributed by atoms with van der Waals surface area (Å²) in [6, 6.07) is 1.72. The van der Waals surface area contributed by atoms with E-state index in [1.807, 2.05) is 0 Å². The number of halogens is 3. The molecule has 7 heteroatoms. The summed E-state index contributed by atoms with van der Waals surface area (Å²) in [4.78, 5) is 14.0. The van der Waals surface area contributed by atoms with Crippen molar-refractivity contribution in [2.45, 2.75) is 12.8 Å². The van der Waals surface area contributed by atoms with Gasteiger partial charge in [-0.3, -0.25) is 9.78 Å². The highest BCUT2D eigenvalue weighted by molar-refractivity contribution is 14.1. The molecule has 0 spiro atoms. The van der Waals surface area contributed by atoms with Crippen molar-refractivity contribution >= 4 is 28.6 Å². The summed E-state index contributed by atoms with van der Waals surface area (Å²) in [5, 5.41) is 17.4. The number of hydrogen-bond acceptors (Lipinski definition) is 3. The van der Waals surface area contributed by atoms with Crippen molar-refractivity contribution in [3.05, 3.63) is 26.6 Å². The first-order chi connectivity index (χ1) is 7.47. The van der Waals surface area contributed by atoms with E-state index in [0.29, 0.717) is 3.57 Å². The van der Waals surface area contributed by atoms with Gasteiger partial charge in [0, 0.05) is 15.3 Å². The summed E-state index contributed by atoms with van der Waals surface area (Å²) in [5.74, 6) is -1.28. The largest absolute Gasteiger partial charge is 0.481 e. The van der Waals surface area contributed by atoms with Crippen molar-refractivity contribution in [1.29, 1.82) is 5.26 Å². The number of rotatable bonds is 3. The predicted octanol–water partition coefficient (Wildman–Crippen LogP) is 2.12. The van der Waals surface area contributed by atoms with Crippen LogP contribution in [0.25, 0.3) is 0 Å². The monoisotopic (exact) mass is 338 g/mol. The highest BCUT2D eigenvalue weighted by Gasteiger charge is 2.21. The SMILES string of the molecule is N#Cc1c(I)cnc(C(F)F)c1CC(=O)O. The van der Waals surface area contributed by atoms with Gasteiger partial charge in [-0.15, -0.1) is 0 Å². The molecule has 0 aliphatic rings. The van der Waals surface area contributed by atoms with Gasteiger partial charge in [0.05, 0.1) is 12.0 Å². The fourth-order valence-electron chi connectivity index (χ4n) is 1.18. The standard InChI is InChI=1S/C9H5F2IN2O2/c10-9(11)8-4(1-7(15)16)5(2-13)6(12)3-14-8/h3,9H,1H2,(H,15,16). The molecular weight excluding hydrogens is 333 g/mol. The van der Waals surface area contributed by atoms with Crippen LogP contribution in [0.15, 0.2) is 6.20 Å². The third kappa shape index (κ3) is 2.63. The Morgan fingerprint density at radius 1 is 1.69 bits per heavy atom. The molecule has 1 rings (SSSR count). The van der Waals surface area contributed by atoms with Crippen molar-refractivity contribution in [3.63, 3.8) is 0 Å². The first-order valence-corrected chi connectivity index (χ1v) is 5.12. The van der Waals surface area contributed by atoms with Crippen molar-refractivity contribution in [2.24, 2.45) is 0 Å². The first kappa shape index (κ1) is 12.8. The van der Waals surface area contributed by atoms with Crippen molar-refractivity contribution in [1.82, 2.24) is 4.98 Å². The summed E-state index contributed by atoms with van der Waals surface area (Å²) in [6.45, 7) is 0. The van der Waals surface area contributed by atoms with E-state index in [4.69, 9.17) is 10.4 Å². The minimum absolute atomic E-state index is 0.0479. The summed E-state index contributed by atoms with van der Waals surface area (Å²) < 4.78 is 25.5. The van der Waals surface area contributed by atoms with E-state index in [1.54, 1.807) is 28.7 Å². The number of nitrogens with zero attached hydrogens (tertiary/aromatic N) is 2. The molecule has 0 aliphatic carbocycles. The van der Waals surface area contributed by atoms with Gasteiger partial charge < -0.3 is 5.11 Å². The molecule has 1 heterocycles. The van der Waals surface area contributed by atoms with E-state index in [2.05, 4.69) is 4.98 Å². The molecule has 0 bridgehead atoms. The Morgan fingerprint density at radius 3 is 2.75 bits per heavy atom. The summed E-state index contributed by atoms with van der Waals surface area (Å²) in [5.41, 5.74) is -0.899. The zero-order valence-electron chi connectivity index (χ0n) is 7.75. The highest BCUT2D eigenvalue weighted by atomic mass is 127. The van der Waals surface area contributed by atoms with E-state index in [1.165, 1.54) is 0 Å². The quantitative estimate of drug-likeness (QED) is 0.857. The molecule has 0 radical (unpaired) electrons. The number of carboxylic acid groups (broad SMARTS) is 1. The number of hydrogen-bond donors (Lipinski definition) is 1. The van der Waals surface area contributed by atoms with Crippen molar-refractivity contribution in [2.75, 3.05) is 0 Å². The topological polar surface area (TPSA) is 74.0 Å². The van der Waals surface area contributed by atoms with Gasteiger partial charge in [0.15, 0.2) is 0 Å². The van der Waals surface area contributed by atoms with Crippen LogP contribution in [0.1, 0.15) is 23.2 Å². The van der Waals surface area contributed by atoms with Crippen LogP contribution in [-0.2, 0) is 11.2 Å². The lowest BCUT2D eigenvalue weighted by molar-refractivity contribution is -0.136. The van der Waals surface area contributed by atoms with Gasteiger partial charge >= 0.3 is 5.97 Å². The van der Waals surface area contributed by atoms with E-state index < -0.39 is 24.5 Å². The molecule has 0 amide bonds. The molecule has 0 aliphatic heterocycles. The normalized spacial score (nSPS) is 10.2. The molecule has 16 heavy (non-hydrogen) atoms. The van der Waals surface area contributed by atoms with Gasteiger partial charge in [0.25, 0.3) is 6.43 Å². The lowest BCUT2D eigenvalue weighted by Crippen LogP contribution is -2.09. The van der Waals surface area contributed by atoms with Crippen LogP contribution in [0.3, 0.4) is 0 Å². The molecule has 1 N–H and O–H groups in total. The maximum absolute atomic E-state index is 12.6. The summed E-state index contributed by atoms with van der Waals surface area (Å²) >= 11 is 1.75. The summed E-state index contributed by atoms with van der Waals surface area (Å²) in [6.07, 6.45) is -2.39. The Balaban J connectivity index is 3.42. The zero-order valence-corrected chi connectivity index (χ0v) is 9.90. The second kappa shape index (κ2) is 5.16. The van der Waals surface area contributed by atoms with Crippen LogP contribution in [0, 0.1) is 14.9 Å². The van der Waals surface area contributed by atoms with Crippen LogP contribution < -0.4 is 0 Å². The number of carbonyl (C=O) groups is 1. The number of alkyl halides is 2. The van der Waals surface area contributed by atoms with E-state index >= 15 is 0 Å². The zero-order chi connectivity index (χ0) is 12.3. The van der Waals surface area contributed by atoms with Crippen LogP contribution in [0.4, 0.5) is 8.78 Å². The van der Waals surface area contributed by atoms with Gasteiger partial charge in [0.2, 0.25) is 0 Å². The molecule has 4 nitrogen and oxygen atoms in total. The molecule has 0 saturated heterocycles.